The fourth-order valence-corrected chi connectivity index (χ4v) is 4.50. The lowest BCUT2D eigenvalue weighted by Crippen LogP contribution is -2.54. The van der Waals surface area contributed by atoms with Crippen molar-refractivity contribution in [3.8, 4) is 11.6 Å². The molecule has 0 spiro atoms. The second-order valence-electron chi connectivity index (χ2n) is 8.65. The van der Waals surface area contributed by atoms with Crippen molar-refractivity contribution in [2.24, 2.45) is 0 Å². The first-order chi connectivity index (χ1) is 15.5. The van der Waals surface area contributed by atoms with Gasteiger partial charge in [-0.1, -0.05) is 19.8 Å². The zero-order valence-corrected chi connectivity index (χ0v) is 18.8. The number of ether oxygens (including phenoxy) is 1. The Kier molecular flexibility index (Phi) is 7.19. The normalized spacial score (nSPS) is 19.9. The molecule has 1 aliphatic heterocycles. The van der Waals surface area contributed by atoms with Gasteiger partial charge in [0.25, 0.3) is 0 Å². The highest BCUT2D eigenvalue weighted by molar-refractivity contribution is 5.87. The van der Waals surface area contributed by atoms with E-state index in [0.29, 0.717) is 31.2 Å². The Balaban J connectivity index is 1.47. The summed E-state index contributed by atoms with van der Waals surface area (Å²) in [6.07, 6.45) is 6.59. The van der Waals surface area contributed by atoms with Gasteiger partial charge in [0.1, 0.15) is 18.3 Å². The second-order valence-corrected chi connectivity index (χ2v) is 8.65. The van der Waals surface area contributed by atoms with E-state index in [-0.39, 0.29) is 30.5 Å². The third-order valence-corrected chi connectivity index (χ3v) is 6.20. The second kappa shape index (κ2) is 10.2. The molecule has 10 nitrogen and oxygen atoms in total. The highest BCUT2D eigenvalue weighted by atomic mass is 16.5. The summed E-state index contributed by atoms with van der Waals surface area (Å²) < 4.78 is 11.3. The molecule has 1 N–H and O–H groups in total. The third kappa shape index (κ3) is 5.35. The van der Waals surface area contributed by atoms with Crippen molar-refractivity contribution >= 4 is 11.8 Å². The van der Waals surface area contributed by atoms with E-state index in [1.165, 1.54) is 4.80 Å². The largest absolute Gasteiger partial charge is 0.458 e. The van der Waals surface area contributed by atoms with E-state index >= 15 is 0 Å². The molecule has 2 fully saturated rings. The molecule has 0 radical (unpaired) electrons. The lowest BCUT2D eigenvalue weighted by molar-refractivity contribution is -0.143. The number of hydrogen-bond acceptors (Lipinski definition) is 7. The molecule has 1 saturated heterocycles. The minimum absolute atomic E-state index is 0.0577. The Morgan fingerprint density at radius 3 is 2.72 bits per heavy atom. The first-order valence-corrected chi connectivity index (χ1v) is 11.6. The van der Waals surface area contributed by atoms with E-state index in [4.69, 9.17) is 9.15 Å². The maximum atomic E-state index is 13.3. The van der Waals surface area contributed by atoms with Crippen LogP contribution in [-0.4, -0.2) is 68.3 Å². The third-order valence-electron chi connectivity index (χ3n) is 6.20. The average molecular weight is 445 g/mol. The van der Waals surface area contributed by atoms with Crippen LogP contribution in [0.3, 0.4) is 0 Å². The Labute approximate surface area is 187 Å². The molecular formula is C22H32N6O4. The van der Waals surface area contributed by atoms with Crippen molar-refractivity contribution in [1.29, 1.82) is 0 Å². The number of amides is 2. The van der Waals surface area contributed by atoms with Gasteiger partial charge in [-0.15, -0.1) is 10.2 Å². The molecule has 0 aromatic carbocycles. The van der Waals surface area contributed by atoms with Crippen molar-refractivity contribution in [3.05, 3.63) is 17.9 Å². The fourth-order valence-electron chi connectivity index (χ4n) is 4.50. The quantitative estimate of drug-likeness (QED) is 0.630. The van der Waals surface area contributed by atoms with Crippen LogP contribution in [0.5, 0.6) is 0 Å². The Morgan fingerprint density at radius 1 is 1.25 bits per heavy atom. The maximum absolute atomic E-state index is 13.3. The first-order valence-electron chi connectivity index (χ1n) is 11.6. The number of hydrogen-bond donors (Lipinski definition) is 1. The number of aryl methyl sites for hydroxylation is 1. The maximum Gasteiger partial charge on any atom is 0.247 e. The van der Waals surface area contributed by atoms with Crippen LogP contribution in [0.1, 0.15) is 57.6 Å². The first kappa shape index (κ1) is 22.4. The van der Waals surface area contributed by atoms with E-state index in [0.717, 1.165) is 44.3 Å². The summed E-state index contributed by atoms with van der Waals surface area (Å²) in [5.74, 6) is 1.24. The molecule has 174 valence electrons. The van der Waals surface area contributed by atoms with Crippen LogP contribution < -0.4 is 5.32 Å². The lowest BCUT2D eigenvalue weighted by atomic mass is 10.1. The minimum Gasteiger partial charge on any atom is -0.458 e. The van der Waals surface area contributed by atoms with Crippen molar-refractivity contribution in [1.82, 2.24) is 30.4 Å². The molecule has 3 heterocycles. The predicted molar refractivity (Wildman–Crippen MR) is 115 cm³/mol. The average Bonchev–Trinajstić information content (AvgIpc) is 3.56. The van der Waals surface area contributed by atoms with Gasteiger partial charge < -0.3 is 19.4 Å². The van der Waals surface area contributed by atoms with Gasteiger partial charge in [-0.2, -0.15) is 4.80 Å². The molecular weight excluding hydrogens is 412 g/mol. The summed E-state index contributed by atoms with van der Waals surface area (Å²) in [6, 6.07) is 3.23. The standard InChI is InChI=1S/C22H32N6O4/c1-3-18(22(30)23-16-7-4-5-8-16)27(13-17-9-6-12-31-17)20(29)14-28-25-21(24-26-28)19-11-10-15(2)32-19/h10-11,16-18H,3-9,12-14H2,1-2H3,(H,23,30)/t17-,18+/m1/s1. The number of aromatic nitrogens is 4. The monoisotopic (exact) mass is 444 g/mol. The molecule has 0 unspecified atom stereocenters. The van der Waals surface area contributed by atoms with Crippen LogP contribution in [0.4, 0.5) is 0 Å². The topological polar surface area (TPSA) is 115 Å². The molecule has 1 saturated carbocycles. The summed E-state index contributed by atoms with van der Waals surface area (Å²) >= 11 is 0. The summed E-state index contributed by atoms with van der Waals surface area (Å²) in [5.41, 5.74) is 0. The van der Waals surface area contributed by atoms with Gasteiger partial charge in [0.15, 0.2) is 5.76 Å². The molecule has 2 aromatic heterocycles. The van der Waals surface area contributed by atoms with Crippen LogP contribution in [-0.2, 0) is 20.9 Å². The van der Waals surface area contributed by atoms with Crippen molar-refractivity contribution in [2.45, 2.75) is 83.5 Å². The van der Waals surface area contributed by atoms with Crippen molar-refractivity contribution in [3.63, 3.8) is 0 Å². The number of carbonyl (C=O) groups is 2. The van der Waals surface area contributed by atoms with E-state index in [1.54, 1.807) is 11.0 Å². The molecule has 2 aromatic rings. The minimum atomic E-state index is -0.553. The number of nitrogens with zero attached hydrogens (tertiary/aromatic N) is 5. The van der Waals surface area contributed by atoms with Gasteiger partial charge in [0.05, 0.1) is 6.10 Å². The van der Waals surface area contributed by atoms with Gasteiger partial charge in [0, 0.05) is 19.2 Å². The molecule has 4 rings (SSSR count). The fraction of sp³-hybridized carbons (Fsp3) is 0.682. The summed E-state index contributed by atoms with van der Waals surface area (Å²) in [6.45, 7) is 4.73. The Morgan fingerprint density at radius 2 is 2.06 bits per heavy atom. The molecule has 2 aliphatic rings. The predicted octanol–water partition coefficient (Wildman–Crippen LogP) is 2.09. The zero-order chi connectivity index (χ0) is 22.5. The Hall–Kier alpha value is -2.75. The zero-order valence-electron chi connectivity index (χ0n) is 18.8. The molecule has 2 amide bonds. The molecule has 32 heavy (non-hydrogen) atoms. The molecule has 10 heteroatoms. The van der Waals surface area contributed by atoms with E-state index in [1.807, 2.05) is 19.9 Å². The number of nitrogens with one attached hydrogen (secondary N) is 1. The highest BCUT2D eigenvalue weighted by Gasteiger charge is 2.33. The van der Waals surface area contributed by atoms with Crippen LogP contribution in [0.25, 0.3) is 11.6 Å². The summed E-state index contributed by atoms with van der Waals surface area (Å²) in [5, 5.41) is 15.4. The molecule has 1 aliphatic carbocycles. The van der Waals surface area contributed by atoms with E-state index < -0.39 is 6.04 Å². The van der Waals surface area contributed by atoms with E-state index in [9.17, 15) is 9.59 Å². The number of tetrazole rings is 1. The van der Waals surface area contributed by atoms with Crippen LogP contribution >= 0.6 is 0 Å². The van der Waals surface area contributed by atoms with Gasteiger partial charge in [0.2, 0.25) is 17.6 Å². The van der Waals surface area contributed by atoms with Gasteiger partial charge in [-0.3, -0.25) is 9.59 Å². The number of rotatable bonds is 9. The van der Waals surface area contributed by atoms with E-state index in [2.05, 4.69) is 20.7 Å². The lowest BCUT2D eigenvalue weighted by Gasteiger charge is -2.32. The van der Waals surface area contributed by atoms with Crippen LogP contribution in [0, 0.1) is 6.92 Å². The van der Waals surface area contributed by atoms with Gasteiger partial charge in [-0.05, 0) is 56.4 Å². The summed E-state index contributed by atoms with van der Waals surface area (Å²) in [4.78, 5) is 29.3. The molecule has 0 bridgehead atoms. The van der Waals surface area contributed by atoms with Crippen LogP contribution in [0.15, 0.2) is 16.5 Å². The van der Waals surface area contributed by atoms with Gasteiger partial charge >= 0.3 is 0 Å². The van der Waals surface area contributed by atoms with Crippen molar-refractivity contribution < 1.29 is 18.7 Å². The SMILES string of the molecule is CC[C@@H](C(=O)NC1CCCC1)N(C[C@H]1CCCO1)C(=O)Cn1nnc(-c2ccc(C)o2)n1. The summed E-state index contributed by atoms with van der Waals surface area (Å²) in [7, 11) is 0. The smallest absolute Gasteiger partial charge is 0.247 e. The van der Waals surface area contributed by atoms with Crippen molar-refractivity contribution in [2.75, 3.05) is 13.2 Å². The van der Waals surface area contributed by atoms with Crippen LogP contribution in [0.2, 0.25) is 0 Å². The molecule has 2 atom stereocenters. The Bertz CT molecular complexity index is 913. The number of furan rings is 1. The van der Waals surface area contributed by atoms with Gasteiger partial charge in [-0.25, -0.2) is 0 Å². The highest BCUT2D eigenvalue weighted by Crippen LogP contribution is 2.21. The number of carbonyl (C=O) groups excluding carboxylic acids is 2.